The fourth-order valence-electron chi connectivity index (χ4n) is 2.01. The molecular weight excluding hydrogens is 260 g/mol. The molecule has 1 atom stereocenters. The third-order valence-electron chi connectivity index (χ3n) is 3.03. The van der Waals surface area contributed by atoms with Crippen molar-refractivity contribution in [1.82, 2.24) is 10.1 Å². The van der Waals surface area contributed by atoms with Gasteiger partial charge in [-0.15, -0.1) is 0 Å². The number of nitrogens with two attached hydrogens (primary N) is 1. The van der Waals surface area contributed by atoms with E-state index < -0.39 is 10.5 Å². The molecule has 0 aliphatic heterocycles. The Morgan fingerprint density at radius 1 is 1.45 bits per heavy atom. The van der Waals surface area contributed by atoms with Crippen molar-refractivity contribution in [2.75, 3.05) is 0 Å². The first-order valence-corrected chi connectivity index (χ1v) is 6.32. The lowest BCUT2D eigenvalue weighted by Crippen LogP contribution is -2.33. The van der Waals surface area contributed by atoms with E-state index in [0.29, 0.717) is 12.0 Å². The van der Waals surface area contributed by atoms with E-state index in [9.17, 15) is 10.1 Å². The maximum Gasteiger partial charge on any atom is 0.280 e. The van der Waals surface area contributed by atoms with Gasteiger partial charge in [-0.25, -0.2) is 0 Å². The minimum absolute atomic E-state index is 0.0610. The van der Waals surface area contributed by atoms with Crippen molar-refractivity contribution in [2.24, 2.45) is 5.73 Å². The zero-order chi connectivity index (χ0) is 14.8. The molecule has 20 heavy (non-hydrogen) atoms. The van der Waals surface area contributed by atoms with Crippen molar-refractivity contribution < 1.29 is 9.45 Å². The lowest BCUT2D eigenvalue weighted by molar-refractivity contribution is -0.384. The van der Waals surface area contributed by atoms with Crippen LogP contribution >= 0.6 is 0 Å². The standard InChI is InChI=1S/C13H16N4O3/c1-3-8-13(2,14)12-15-11(16-20-12)9-6-4-5-7-10(9)17(18)19/h4-7H,3,8,14H2,1-2H3. The number of nitrogens with zero attached hydrogens (tertiary/aromatic N) is 3. The van der Waals surface area contributed by atoms with Gasteiger partial charge in [-0.2, -0.15) is 4.98 Å². The van der Waals surface area contributed by atoms with Crippen molar-refractivity contribution in [1.29, 1.82) is 0 Å². The summed E-state index contributed by atoms with van der Waals surface area (Å²) in [5.41, 5.74) is 5.63. The van der Waals surface area contributed by atoms with Gasteiger partial charge in [0.2, 0.25) is 11.7 Å². The molecule has 0 saturated carbocycles. The highest BCUT2D eigenvalue weighted by Crippen LogP contribution is 2.29. The molecule has 2 aromatic rings. The van der Waals surface area contributed by atoms with Crippen LogP contribution in [0.2, 0.25) is 0 Å². The van der Waals surface area contributed by atoms with Gasteiger partial charge < -0.3 is 10.3 Å². The van der Waals surface area contributed by atoms with Gasteiger partial charge in [0, 0.05) is 6.07 Å². The van der Waals surface area contributed by atoms with Gasteiger partial charge in [0.1, 0.15) is 5.56 Å². The summed E-state index contributed by atoms with van der Waals surface area (Å²) >= 11 is 0. The Balaban J connectivity index is 2.42. The number of benzene rings is 1. The van der Waals surface area contributed by atoms with Gasteiger partial charge in [-0.05, 0) is 19.4 Å². The van der Waals surface area contributed by atoms with Crippen LogP contribution in [-0.2, 0) is 5.54 Å². The van der Waals surface area contributed by atoms with E-state index in [4.69, 9.17) is 10.3 Å². The molecule has 1 heterocycles. The van der Waals surface area contributed by atoms with Gasteiger partial charge in [-0.1, -0.05) is 30.6 Å². The maximum absolute atomic E-state index is 11.0. The number of rotatable bonds is 5. The summed E-state index contributed by atoms with van der Waals surface area (Å²) in [6, 6.07) is 6.26. The molecule has 2 N–H and O–H groups in total. The highest BCUT2D eigenvalue weighted by Gasteiger charge is 2.29. The first kappa shape index (κ1) is 14.1. The Morgan fingerprint density at radius 3 is 2.80 bits per heavy atom. The Bertz CT molecular complexity index is 622. The molecule has 0 fully saturated rings. The van der Waals surface area contributed by atoms with E-state index in [-0.39, 0.29) is 17.4 Å². The minimum atomic E-state index is -0.733. The largest absolute Gasteiger partial charge is 0.337 e. The van der Waals surface area contributed by atoms with Crippen LogP contribution < -0.4 is 5.73 Å². The molecule has 1 aromatic heterocycles. The normalized spacial score (nSPS) is 13.9. The van der Waals surface area contributed by atoms with Crippen LogP contribution in [0, 0.1) is 10.1 Å². The molecule has 0 aliphatic rings. The molecule has 0 bridgehead atoms. The van der Waals surface area contributed by atoms with Gasteiger partial charge in [0.15, 0.2) is 0 Å². The smallest absolute Gasteiger partial charge is 0.280 e. The van der Waals surface area contributed by atoms with Crippen LogP contribution in [0.4, 0.5) is 5.69 Å². The number of aromatic nitrogens is 2. The quantitative estimate of drug-likeness (QED) is 0.664. The van der Waals surface area contributed by atoms with Crippen LogP contribution in [-0.4, -0.2) is 15.1 Å². The topological polar surface area (TPSA) is 108 Å². The van der Waals surface area contributed by atoms with Crippen molar-refractivity contribution in [3.05, 3.63) is 40.3 Å². The lowest BCUT2D eigenvalue weighted by atomic mass is 9.98. The average Bonchev–Trinajstić information content (AvgIpc) is 2.89. The summed E-state index contributed by atoms with van der Waals surface area (Å²) in [6.07, 6.45) is 1.56. The van der Waals surface area contributed by atoms with Crippen molar-refractivity contribution in [3.63, 3.8) is 0 Å². The lowest BCUT2D eigenvalue weighted by Gasteiger charge is -2.18. The molecule has 0 saturated heterocycles. The molecule has 106 valence electrons. The Morgan fingerprint density at radius 2 is 2.15 bits per heavy atom. The summed E-state index contributed by atoms with van der Waals surface area (Å²) in [6.45, 7) is 3.80. The number of nitro groups is 1. The third-order valence-corrected chi connectivity index (χ3v) is 3.03. The molecule has 0 aliphatic carbocycles. The monoisotopic (exact) mass is 276 g/mol. The zero-order valence-corrected chi connectivity index (χ0v) is 11.4. The molecule has 0 amide bonds. The van der Waals surface area contributed by atoms with E-state index in [1.165, 1.54) is 6.07 Å². The average molecular weight is 276 g/mol. The van der Waals surface area contributed by atoms with E-state index in [1.807, 2.05) is 6.92 Å². The molecule has 7 heteroatoms. The summed E-state index contributed by atoms with van der Waals surface area (Å²) in [5, 5.41) is 14.8. The van der Waals surface area contributed by atoms with Crippen molar-refractivity contribution in [3.8, 4) is 11.4 Å². The summed E-state index contributed by atoms with van der Waals surface area (Å²) in [5.74, 6) is 0.465. The number of hydrogen-bond acceptors (Lipinski definition) is 6. The fourth-order valence-corrected chi connectivity index (χ4v) is 2.01. The molecule has 0 spiro atoms. The van der Waals surface area contributed by atoms with Crippen LogP contribution in [0.5, 0.6) is 0 Å². The van der Waals surface area contributed by atoms with Crippen LogP contribution in [0.1, 0.15) is 32.6 Å². The number of nitro benzene ring substituents is 1. The fraction of sp³-hybridized carbons (Fsp3) is 0.385. The second-order valence-corrected chi connectivity index (χ2v) is 4.86. The predicted octanol–water partition coefficient (Wildman–Crippen LogP) is 2.62. The first-order valence-electron chi connectivity index (χ1n) is 6.32. The first-order chi connectivity index (χ1) is 9.45. The van der Waals surface area contributed by atoms with Crippen molar-refractivity contribution in [2.45, 2.75) is 32.2 Å². The SMILES string of the molecule is CCCC(C)(N)c1nc(-c2ccccc2[N+](=O)[O-])no1. The van der Waals surface area contributed by atoms with Gasteiger partial charge in [0.05, 0.1) is 10.5 Å². The van der Waals surface area contributed by atoms with E-state index in [0.717, 1.165) is 6.42 Å². The molecule has 7 nitrogen and oxygen atoms in total. The zero-order valence-electron chi connectivity index (χ0n) is 11.4. The highest BCUT2D eigenvalue weighted by atomic mass is 16.6. The summed E-state index contributed by atoms with van der Waals surface area (Å²) < 4.78 is 5.16. The number of para-hydroxylation sites is 1. The molecule has 2 rings (SSSR count). The Kier molecular flexibility index (Phi) is 3.80. The maximum atomic E-state index is 11.0. The second kappa shape index (κ2) is 5.38. The Hall–Kier alpha value is -2.28. The van der Waals surface area contributed by atoms with Crippen LogP contribution in [0.15, 0.2) is 28.8 Å². The summed E-state index contributed by atoms with van der Waals surface area (Å²) in [4.78, 5) is 14.7. The van der Waals surface area contributed by atoms with E-state index >= 15 is 0 Å². The van der Waals surface area contributed by atoms with E-state index in [1.54, 1.807) is 25.1 Å². The molecule has 1 aromatic carbocycles. The van der Waals surface area contributed by atoms with Crippen molar-refractivity contribution >= 4 is 5.69 Å². The van der Waals surface area contributed by atoms with Crippen LogP contribution in [0.3, 0.4) is 0 Å². The third kappa shape index (κ3) is 2.67. The van der Waals surface area contributed by atoms with Gasteiger partial charge in [0.25, 0.3) is 5.69 Å². The Labute approximate surface area is 115 Å². The molecular formula is C13H16N4O3. The van der Waals surface area contributed by atoms with Gasteiger partial charge >= 0.3 is 0 Å². The second-order valence-electron chi connectivity index (χ2n) is 4.86. The van der Waals surface area contributed by atoms with E-state index in [2.05, 4.69) is 10.1 Å². The predicted molar refractivity (Wildman–Crippen MR) is 72.8 cm³/mol. The number of hydrogen-bond donors (Lipinski definition) is 1. The molecule has 0 radical (unpaired) electrons. The summed E-state index contributed by atoms with van der Waals surface area (Å²) in [7, 11) is 0. The minimum Gasteiger partial charge on any atom is -0.337 e. The highest BCUT2D eigenvalue weighted by molar-refractivity contribution is 5.67. The molecule has 1 unspecified atom stereocenters. The van der Waals surface area contributed by atoms with Gasteiger partial charge in [-0.3, -0.25) is 10.1 Å². The van der Waals surface area contributed by atoms with Crippen LogP contribution in [0.25, 0.3) is 11.4 Å².